The van der Waals surface area contributed by atoms with Crippen molar-refractivity contribution in [3.8, 4) is 17.1 Å². The third-order valence-corrected chi connectivity index (χ3v) is 5.14. The number of aryl methyl sites for hydroxylation is 1. The molecule has 0 amide bonds. The Morgan fingerprint density at radius 3 is 2.79 bits per heavy atom. The molecular formula is C17H22N6O. The Morgan fingerprint density at radius 1 is 1.29 bits per heavy atom. The number of hydrogen-bond donors (Lipinski definition) is 1. The van der Waals surface area contributed by atoms with E-state index in [1.807, 2.05) is 37.1 Å². The number of ether oxygens (including phenoxy) is 1. The highest BCUT2D eigenvalue weighted by Crippen LogP contribution is 2.43. The van der Waals surface area contributed by atoms with Crippen LogP contribution in [0.2, 0.25) is 0 Å². The molecule has 1 fully saturated rings. The fourth-order valence-corrected chi connectivity index (χ4v) is 3.39. The van der Waals surface area contributed by atoms with Crippen molar-refractivity contribution in [2.75, 3.05) is 7.05 Å². The topological polar surface area (TPSA) is 69.3 Å². The number of nitrogens with one attached hydrogen (secondary N) is 1. The van der Waals surface area contributed by atoms with Gasteiger partial charge in [0.1, 0.15) is 11.6 Å². The van der Waals surface area contributed by atoms with Crippen LogP contribution in [0.5, 0.6) is 5.88 Å². The van der Waals surface area contributed by atoms with Crippen LogP contribution in [-0.4, -0.2) is 43.6 Å². The molecule has 7 heteroatoms. The van der Waals surface area contributed by atoms with Crippen LogP contribution in [-0.2, 0) is 7.05 Å². The largest absolute Gasteiger partial charge is 0.472 e. The second kappa shape index (κ2) is 5.31. The monoisotopic (exact) mass is 326 g/mol. The molecule has 0 saturated heterocycles. The van der Waals surface area contributed by atoms with Gasteiger partial charge >= 0.3 is 0 Å². The summed E-state index contributed by atoms with van der Waals surface area (Å²) in [6.07, 6.45) is 8.51. The normalized spacial score (nSPS) is 22.5. The minimum absolute atomic E-state index is 0.0672. The van der Waals surface area contributed by atoms with Gasteiger partial charge in [-0.2, -0.15) is 10.2 Å². The Balaban J connectivity index is 1.71. The minimum atomic E-state index is 0.0672. The van der Waals surface area contributed by atoms with Crippen molar-refractivity contribution in [2.45, 2.75) is 32.4 Å². The van der Waals surface area contributed by atoms with E-state index >= 15 is 0 Å². The van der Waals surface area contributed by atoms with Gasteiger partial charge in [0, 0.05) is 36.7 Å². The molecule has 1 saturated carbocycles. The molecule has 0 aliphatic heterocycles. The van der Waals surface area contributed by atoms with Crippen molar-refractivity contribution in [2.24, 2.45) is 12.5 Å². The first-order chi connectivity index (χ1) is 11.5. The zero-order chi connectivity index (χ0) is 16.9. The Labute approximate surface area is 140 Å². The molecule has 0 aromatic carbocycles. The lowest BCUT2D eigenvalue weighted by Gasteiger charge is -2.51. The maximum atomic E-state index is 6.30. The van der Waals surface area contributed by atoms with Gasteiger partial charge in [-0.1, -0.05) is 13.8 Å². The summed E-state index contributed by atoms with van der Waals surface area (Å²) >= 11 is 0. The van der Waals surface area contributed by atoms with E-state index in [2.05, 4.69) is 29.4 Å². The Bertz CT molecular complexity index is 880. The van der Waals surface area contributed by atoms with Crippen LogP contribution in [0.25, 0.3) is 16.8 Å². The highest BCUT2D eigenvalue weighted by molar-refractivity contribution is 5.63. The number of hydrogen-bond acceptors (Lipinski definition) is 5. The van der Waals surface area contributed by atoms with Gasteiger partial charge in [0.25, 0.3) is 0 Å². The average Bonchev–Trinajstić information content (AvgIpc) is 3.19. The first-order valence-electron chi connectivity index (χ1n) is 8.16. The molecule has 0 spiro atoms. The van der Waals surface area contributed by atoms with Crippen LogP contribution in [0.4, 0.5) is 0 Å². The maximum Gasteiger partial charge on any atom is 0.240 e. The van der Waals surface area contributed by atoms with Crippen molar-refractivity contribution in [1.29, 1.82) is 0 Å². The lowest BCUT2D eigenvalue weighted by molar-refractivity contribution is -0.0536. The molecule has 0 radical (unpaired) electrons. The summed E-state index contributed by atoms with van der Waals surface area (Å²) in [6, 6.07) is 2.39. The second-order valence-corrected chi connectivity index (χ2v) is 7.00. The molecule has 126 valence electrons. The zero-order valence-electron chi connectivity index (χ0n) is 14.4. The average molecular weight is 326 g/mol. The molecule has 2 unspecified atom stereocenters. The van der Waals surface area contributed by atoms with Crippen molar-refractivity contribution in [3.63, 3.8) is 0 Å². The zero-order valence-corrected chi connectivity index (χ0v) is 14.4. The predicted octanol–water partition coefficient (Wildman–Crippen LogP) is 1.90. The van der Waals surface area contributed by atoms with E-state index in [0.717, 1.165) is 23.2 Å². The number of fused-ring (bicyclic) bond motifs is 1. The van der Waals surface area contributed by atoms with Crippen LogP contribution in [0, 0.1) is 5.41 Å². The summed E-state index contributed by atoms with van der Waals surface area (Å²) in [4.78, 5) is 4.74. The number of nitrogens with zero attached hydrogens (tertiary/aromatic N) is 5. The lowest BCUT2D eigenvalue weighted by Crippen LogP contribution is -2.61. The van der Waals surface area contributed by atoms with Crippen molar-refractivity contribution >= 4 is 5.52 Å². The molecule has 1 aliphatic carbocycles. The van der Waals surface area contributed by atoms with Crippen LogP contribution < -0.4 is 10.1 Å². The van der Waals surface area contributed by atoms with Gasteiger partial charge < -0.3 is 10.1 Å². The smallest absolute Gasteiger partial charge is 0.240 e. The van der Waals surface area contributed by atoms with Crippen molar-refractivity contribution < 1.29 is 4.74 Å². The molecule has 4 rings (SSSR count). The Hall–Kier alpha value is -2.41. The Morgan fingerprint density at radius 2 is 2.12 bits per heavy atom. The fourth-order valence-electron chi connectivity index (χ4n) is 3.39. The SMILES string of the molecule is CNC1CC(Oc2nc(-c3cnn(C)c3)cn3nccc23)C1(C)C. The van der Waals surface area contributed by atoms with Gasteiger partial charge in [-0.3, -0.25) is 4.68 Å². The summed E-state index contributed by atoms with van der Waals surface area (Å²) in [6.45, 7) is 4.45. The summed E-state index contributed by atoms with van der Waals surface area (Å²) in [5, 5.41) is 11.9. The van der Waals surface area contributed by atoms with Gasteiger partial charge in [-0.05, 0) is 13.1 Å². The van der Waals surface area contributed by atoms with E-state index in [1.54, 1.807) is 17.1 Å². The first-order valence-corrected chi connectivity index (χ1v) is 8.16. The molecule has 3 heterocycles. The third kappa shape index (κ3) is 2.27. The summed E-state index contributed by atoms with van der Waals surface area (Å²) in [5.74, 6) is 0.626. The molecule has 2 atom stereocenters. The predicted molar refractivity (Wildman–Crippen MR) is 90.9 cm³/mol. The molecule has 3 aromatic rings. The number of aromatic nitrogens is 5. The van der Waals surface area contributed by atoms with Crippen molar-refractivity contribution in [1.82, 2.24) is 29.7 Å². The second-order valence-electron chi connectivity index (χ2n) is 7.00. The van der Waals surface area contributed by atoms with E-state index in [9.17, 15) is 0 Å². The summed E-state index contributed by atoms with van der Waals surface area (Å²) < 4.78 is 9.87. The Kier molecular flexibility index (Phi) is 3.35. The molecule has 1 aliphatic rings. The van der Waals surface area contributed by atoms with Gasteiger partial charge in [0.2, 0.25) is 5.88 Å². The minimum Gasteiger partial charge on any atom is -0.472 e. The van der Waals surface area contributed by atoms with Crippen LogP contribution >= 0.6 is 0 Å². The maximum absolute atomic E-state index is 6.30. The molecular weight excluding hydrogens is 304 g/mol. The summed E-state index contributed by atoms with van der Waals surface area (Å²) in [5.41, 5.74) is 2.70. The van der Waals surface area contributed by atoms with Crippen LogP contribution in [0.1, 0.15) is 20.3 Å². The fraction of sp³-hybridized carbons (Fsp3) is 0.471. The van der Waals surface area contributed by atoms with E-state index in [4.69, 9.17) is 9.72 Å². The molecule has 0 bridgehead atoms. The van der Waals surface area contributed by atoms with Gasteiger partial charge in [-0.15, -0.1) is 0 Å². The highest BCUT2D eigenvalue weighted by atomic mass is 16.5. The summed E-state index contributed by atoms with van der Waals surface area (Å²) in [7, 11) is 3.89. The highest BCUT2D eigenvalue weighted by Gasteiger charge is 2.49. The van der Waals surface area contributed by atoms with Gasteiger partial charge in [0.05, 0.1) is 24.3 Å². The van der Waals surface area contributed by atoms with E-state index in [0.29, 0.717) is 11.9 Å². The molecule has 3 aromatic heterocycles. The third-order valence-electron chi connectivity index (χ3n) is 5.14. The standard InChI is InChI=1S/C17H22N6O/c1-17(2)14(18-3)7-15(17)24-16-13-5-6-19-23(13)10-12(21-16)11-8-20-22(4)9-11/h5-6,8-10,14-15,18H,7H2,1-4H3. The van der Waals surface area contributed by atoms with Gasteiger partial charge in [-0.25, -0.2) is 9.50 Å². The number of rotatable bonds is 4. The molecule has 24 heavy (non-hydrogen) atoms. The molecule has 1 N–H and O–H groups in total. The lowest BCUT2D eigenvalue weighted by atomic mass is 9.64. The van der Waals surface area contributed by atoms with E-state index < -0.39 is 0 Å². The quantitative estimate of drug-likeness (QED) is 0.793. The molecule has 7 nitrogen and oxygen atoms in total. The van der Waals surface area contributed by atoms with Gasteiger partial charge in [0.15, 0.2) is 0 Å². The van der Waals surface area contributed by atoms with Crippen LogP contribution in [0.15, 0.2) is 30.9 Å². The van der Waals surface area contributed by atoms with E-state index in [-0.39, 0.29) is 11.5 Å². The van der Waals surface area contributed by atoms with Crippen LogP contribution in [0.3, 0.4) is 0 Å². The first kappa shape index (κ1) is 15.1. The van der Waals surface area contributed by atoms with E-state index in [1.165, 1.54) is 0 Å². The van der Waals surface area contributed by atoms with Crippen molar-refractivity contribution in [3.05, 3.63) is 30.9 Å².